The predicted molar refractivity (Wildman–Crippen MR) is 223 cm³/mol. The molecule has 0 aliphatic rings. The van der Waals surface area contributed by atoms with E-state index in [1.807, 2.05) is 12.1 Å². The number of alkyl halides is 4. The van der Waals surface area contributed by atoms with Gasteiger partial charge >= 0.3 is 35.7 Å². The minimum Gasteiger partial charge on any atom is -0.478 e. The molecule has 0 aliphatic heterocycles. The molecule has 304 valence electrons. The van der Waals surface area contributed by atoms with Crippen molar-refractivity contribution in [2.45, 2.75) is 65.6 Å². The van der Waals surface area contributed by atoms with E-state index in [9.17, 15) is 41.5 Å². The number of aliphatic hydroxyl groups is 1. The third-order valence-corrected chi connectivity index (χ3v) is 8.91. The zero-order valence-electron chi connectivity index (χ0n) is 30.3. The van der Waals surface area contributed by atoms with Gasteiger partial charge in [0.25, 0.3) is 5.24 Å². The fourth-order valence-corrected chi connectivity index (χ4v) is 4.89. The van der Waals surface area contributed by atoms with E-state index in [1.165, 1.54) is 53.7 Å². The number of aliphatic hydroxyl groups excluding tert-OH is 1. The molecular weight excluding hydrogens is 1100 g/mol. The van der Waals surface area contributed by atoms with E-state index in [4.69, 9.17) is 26.6 Å². The van der Waals surface area contributed by atoms with Gasteiger partial charge in [0, 0.05) is 16.3 Å². The molecule has 2 N–H and O–H groups in total. The number of carbonyl (C=O) groups is 5. The lowest BCUT2D eigenvalue weighted by Crippen LogP contribution is -2.48. The van der Waals surface area contributed by atoms with Gasteiger partial charge in [-0.1, -0.05) is 27.7 Å². The molecule has 2 atom stereocenters. The van der Waals surface area contributed by atoms with Gasteiger partial charge in [0.15, 0.2) is 6.10 Å². The van der Waals surface area contributed by atoms with Crippen LogP contribution in [0.3, 0.4) is 0 Å². The smallest absolute Gasteiger partial charge is 0.381 e. The topological polar surface area (TPSA) is 154 Å². The molecule has 0 saturated heterocycles. The Hall–Kier alpha value is -2.63. The van der Waals surface area contributed by atoms with Crippen molar-refractivity contribution in [1.29, 1.82) is 0 Å². The summed E-state index contributed by atoms with van der Waals surface area (Å²) in [5, 5.41) is 17.1. The second-order valence-electron chi connectivity index (χ2n) is 11.5. The van der Waals surface area contributed by atoms with E-state index in [0.717, 1.165) is 10.7 Å². The fraction of sp³-hybridized carbons (Fsp3) is 0.378. The Morgan fingerprint density at radius 2 is 0.982 bits per heavy atom. The van der Waals surface area contributed by atoms with Crippen LogP contribution in [0.2, 0.25) is 0 Å². The van der Waals surface area contributed by atoms with Crippen LogP contribution in [-0.2, 0) is 23.8 Å². The Balaban J connectivity index is 0.000000754. The first-order valence-corrected chi connectivity index (χ1v) is 19.7. The molecule has 0 fully saturated rings. The van der Waals surface area contributed by atoms with Crippen LogP contribution in [0.1, 0.15) is 72.6 Å². The summed E-state index contributed by atoms with van der Waals surface area (Å²) < 4.78 is 70.5. The monoisotopic (exact) mass is 1140 g/mol. The van der Waals surface area contributed by atoms with E-state index in [2.05, 4.69) is 77.2 Å². The number of carboxylic acids is 1. The number of esters is 3. The number of ether oxygens (including phenoxy) is 3. The highest BCUT2D eigenvalue weighted by Crippen LogP contribution is 2.30. The number of hydrogen-bond acceptors (Lipinski definition) is 9. The zero-order valence-corrected chi connectivity index (χ0v) is 37.6. The molecular formula is C37H40ClF4I3O10. The Kier molecular flexibility index (Phi) is 24.4. The summed E-state index contributed by atoms with van der Waals surface area (Å²) in [6.45, 7) is 8.24. The average molecular weight is 1140 g/mol. The maximum Gasteiger partial charge on any atom is 0.381 e. The quantitative estimate of drug-likeness (QED) is 0.0590. The van der Waals surface area contributed by atoms with Gasteiger partial charge in [-0.2, -0.15) is 17.6 Å². The van der Waals surface area contributed by atoms with E-state index >= 15 is 0 Å². The minimum absolute atomic E-state index is 0.126. The number of hydrogen-bond donors (Lipinski definition) is 2. The summed E-state index contributed by atoms with van der Waals surface area (Å²) in [7, 11) is 0. The van der Waals surface area contributed by atoms with Crippen molar-refractivity contribution in [3.8, 4) is 0 Å². The second kappa shape index (κ2) is 25.6. The largest absolute Gasteiger partial charge is 0.478 e. The van der Waals surface area contributed by atoms with Crippen LogP contribution in [0.5, 0.6) is 0 Å². The molecule has 0 amide bonds. The maximum absolute atomic E-state index is 14.1. The molecule has 55 heavy (non-hydrogen) atoms. The molecule has 0 spiro atoms. The molecule has 0 aromatic heterocycles. The number of benzene rings is 3. The number of aromatic carboxylic acids is 1. The molecule has 3 aromatic rings. The van der Waals surface area contributed by atoms with E-state index in [1.54, 1.807) is 48.5 Å². The SMILES string of the molecule is CCOC(=O)C(F)(F)C(O)C(C)C.CCOC(=O)C(F)(F)C(OC(=O)c1ccc(I)cc1)C(C)C.O=C(Cl)c1ccc(I)cc1.O=C(O)c1ccc(I)cc1. The molecule has 3 aromatic carbocycles. The molecule has 0 saturated carbocycles. The Labute approximate surface area is 362 Å². The Morgan fingerprint density at radius 3 is 1.29 bits per heavy atom. The van der Waals surface area contributed by atoms with Crippen LogP contribution in [0.25, 0.3) is 0 Å². The van der Waals surface area contributed by atoms with Crippen LogP contribution in [0.15, 0.2) is 72.8 Å². The molecule has 0 radical (unpaired) electrons. The van der Waals surface area contributed by atoms with Gasteiger partial charge in [-0.05, 0) is 178 Å². The highest BCUT2D eigenvalue weighted by atomic mass is 127. The average Bonchev–Trinajstić information content (AvgIpc) is 3.11. The lowest BCUT2D eigenvalue weighted by molar-refractivity contribution is -0.193. The van der Waals surface area contributed by atoms with Crippen molar-refractivity contribution in [3.63, 3.8) is 0 Å². The summed E-state index contributed by atoms with van der Waals surface area (Å²) in [6.07, 6.45) is -3.88. The summed E-state index contributed by atoms with van der Waals surface area (Å²) in [6, 6.07) is 20.1. The normalized spacial score (nSPS) is 11.9. The number of carboxylic acid groups (broad SMARTS) is 1. The first-order chi connectivity index (χ1) is 25.4. The van der Waals surface area contributed by atoms with Crippen molar-refractivity contribution in [2.24, 2.45) is 11.8 Å². The third kappa shape index (κ3) is 18.9. The van der Waals surface area contributed by atoms with Gasteiger partial charge in [0.2, 0.25) is 0 Å². The highest BCUT2D eigenvalue weighted by molar-refractivity contribution is 14.1. The first kappa shape index (κ1) is 52.4. The van der Waals surface area contributed by atoms with Gasteiger partial charge in [-0.3, -0.25) is 4.79 Å². The maximum atomic E-state index is 14.1. The van der Waals surface area contributed by atoms with E-state index < -0.39 is 65.0 Å². The lowest BCUT2D eigenvalue weighted by atomic mass is 10.0. The summed E-state index contributed by atoms with van der Waals surface area (Å²) >= 11 is 11.6. The first-order valence-electron chi connectivity index (χ1n) is 16.1. The van der Waals surface area contributed by atoms with Crippen LogP contribution in [0.4, 0.5) is 17.6 Å². The van der Waals surface area contributed by atoms with Gasteiger partial charge in [-0.25, -0.2) is 19.2 Å². The molecule has 3 rings (SSSR count). The summed E-state index contributed by atoms with van der Waals surface area (Å²) in [5.41, 5.74) is 1.02. The molecule has 0 heterocycles. The van der Waals surface area contributed by atoms with Crippen LogP contribution in [0, 0.1) is 22.5 Å². The molecule has 0 aliphatic carbocycles. The van der Waals surface area contributed by atoms with Gasteiger partial charge in [0.1, 0.15) is 6.10 Å². The molecule has 10 nitrogen and oxygen atoms in total. The molecule has 2 unspecified atom stereocenters. The summed E-state index contributed by atoms with van der Waals surface area (Å²) in [4.78, 5) is 54.9. The van der Waals surface area contributed by atoms with Gasteiger partial charge in [0.05, 0.1) is 24.3 Å². The number of rotatable bonds is 12. The number of halogens is 8. The number of carbonyl (C=O) groups excluding carboxylic acids is 4. The van der Waals surface area contributed by atoms with E-state index in [-0.39, 0.29) is 18.8 Å². The van der Waals surface area contributed by atoms with Crippen LogP contribution in [-0.4, -0.2) is 76.6 Å². The fourth-order valence-electron chi connectivity index (χ4n) is 3.68. The van der Waals surface area contributed by atoms with Crippen molar-refractivity contribution >= 4 is 108 Å². The van der Waals surface area contributed by atoms with Gasteiger partial charge in [-0.15, -0.1) is 0 Å². The lowest BCUT2D eigenvalue weighted by Gasteiger charge is -2.27. The van der Waals surface area contributed by atoms with Gasteiger partial charge < -0.3 is 24.4 Å². The summed E-state index contributed by atoms with van der Waals surface area (Å²) in [5.74, 6) is -14.3. The van der Waals surface area contributed by atoms with Crippen molar-refractivity contribution in [2.75, 3.05) is 13.2 Å². The standard InChI is InChI=1S/C15H17F2IO4.C8H14F2O3.C7H4ClIO.C7H5IO2/c1-4-21-14(20)15(16,17)12(9(2)3)22-13(19)10-5-7-11(18)8-6-10;1-4-13-7(12)8(9,10)6(11)5(2)3;8-7(10)5-1-3-6(9)4-2-5;8-6-3-1-5(2-4-6)7(9)10/h5-9,12H,4H2,1-3H3;5-6,11H,4H2,1-3H3;1-4H;1-4H,(H,9,10). The highest BCUT2D eigenvalue weighted by Gasteiger charge is 2.53. The van der Waals surface area contributed by atoms with Crippen molar-refractivity contribution < 1.29 is 66.0 Å². The van der Waals surface area contributed by atoms with Crippen molar-refractivity contribution in [3.05, 3.63) is 100 Å². The molecule has 0 bridgehead atoms. The van der Waals surface area contributed by atoms with E-state index in [0.29, 0.717) is 11.1 Å². The third-order valence-electron chi connectivity index (χ3n) is 6.54. The van der Waals surface area contributed by atoms with Crippen LogP contribution < -0.4 is 0 Å². The zero-order chi connectivity index (χ0) is 42.7. The minimum atomic E-state index is -3.90. The van der Waals surface area contributed by atoms with Crippen LogP contribution >= 0.6 is 79.4 Å². The second-order valence-corrected chi connectivity index (χ2v) is 15.6. The Morgan fingerprint density at radius 1 is 0.636 bits per heavy atom. The van der Waals surface area contributed by atoms with Crippen molar-refractivity contribution in [1.82, 2.24) is 0 Å². The molecule has 18 heteroatoms. The Bertz CT molecular complexity index is 1620. The predicted octanol–water partition coefficient (Wildman–Crippen LogP) is 9.53.